The Bertz CT molecular complexity index is 475. The first-order chi connectivity index (χ1) is 8.82. The number of aliphatic carboxylic acids is 1. The molecule has 0 heterocycles. The van der Waals surface area contributed by atoms with Crippen molar-refractivity contribution in [2.24, 2.45) is 0 Å². The Kier molecular flexibility index (Phi) is 4.71. The van der Waals surface area contributed by atoms with E-state index in [-0.39, 0.29) is 5.75 Å². The first kappa shape index (κ1) is 14.8. The number of carboxylic acids is 1. The second kappa shape index (κ2) is 6.05. The molecule has 2 atom stereocenters. The number of urea groups is 1. The summed E-state index contributed by atoms with van der Waals surface area (Å²) < 4.78 is 0. The number of carbonyl (C=O) groups excluding carboxylic acids is 1. The first-order valence-corrected chi connectivity index (χ1v) is 5.57. The summed E-state index contributed by atoms with van der Waals surface area (Å²) in [4.78, 5) is 23.8. The largest absolute Gasteiger partial charge is 0.508 e. The molecule has 0 aliphatic rings. The van der Waals surface area contributed by atoms with Gasteiger partial charge in [-0.05, 0) is 19.1 Å². The highest BCUT2D eigenvalue weighted by Gasteiger charge is 2.26. The van der Waals surface area contributed by atoms with Crippen molar-refractivity contribution in [3.8, 4) is 5.75 Å². The molecule has 0 aliphatic carbocycles. The van der Waals surface area contributed by atoms with Crippen molar-refractivity contribution >= 4 is 17.7 Å². The van der Waals surface area contributed by atoms with Gasteiger partial charge in [-0.3, -0.25) is 4.90 Å². The summed E-state index contributed by atoms with van der Waals surface area (Å²) in [5.74, 6) is -1.34. The van der Waals surface area contributed by atoms with E-state index in [2.05, 4.69) is 5.32 Å². The normalized spacial score (nSPS) is 13.4. The van der Waals surface area contributed by atoms with Crippen molar-refractivity contribution in [3.63, 3.8) is 0 Å². The number of rotatable bonds is 4. The highest BCUT2D eigenvalue weighted by molar-refractivity contribution is 5.94. The zero-order valence-corrected chi connectivity index (χ0v) is 10.6. The minimum Gasteiger partial charge on any atom is -0.508 e. The Morgan fingerprint density at radius 1 is 1.37 bits per heavy atom. The second-order valence-electron chi connectivity index (χ2n) is 4.08. The van der Waals surface area contributed by atoms with Gasteiger partial charge < -0.3 is 20.6 Å². The number of phenols is 1. The standard InChI is InChI=1S/C12H16N2O5/c1-7(15)10(11(17)18)13-12(19)14(2)8-4-3-5-9(16)6-8/h3-7,10,15-16H,1-2H3,(H,13,19)(H,17,18). The summed E-state index contributed by atoms with van der Waals surface area (Å²) >= 11 is 0. The van der Waals surface area contributed by atoms with Crippen molar-refractivity contribution in [1.82, 2.24) is 5.32 Å². The summed E-state index contributed by atoms with van der Waals surface area (Å²) in [7, 11) is 1.42. The van der Waals surface area contributed by atoms with Crippen molar-refractivity contribution < 1.29 is 24.9 Å². The Hall–Kier alpha value is -2.28. The average molecular weight is 268 g/mol. The third-order valence-corrected chi connectivity index (χ3v) is 2.55. The lowest BCUT2D eigenvalue weighted by atomic mass is 10.2. The van der Waals surface area contributed by atoms with Crippen molar-refractivity contribution in [3.05, 3.63) is 24.3 Å². The van der Waals surface area contributed by atoms with Crippen LogP contribution in [-0.2, 0) is 4.79 Å². The lowest BCUT2D eigenvalue weighted by molar-refractivity contribution is -0.141. The number of hydrogen-bond acceptors (Lipinski definition) is 4. The molecule has 2 unspecified atom stereocenters. The van der Waals surface area contributed by atoms with Crippen LogP contribution >= 0.6 is 0 Å². The van der Waals surface area contributed by atoms with Crippen LogP contribution < -0.4 is 10.2 Å². The van der Waals surface area contributed by atoms with E-state index in [1.54, 1.807) is 12.1 Å². The molecule has 2 amide bonds. The highest BCUT2D eigenvalue weighted by atomic mass is 16.4. The van der Waals surface area contributed by atoms with E-state index in [0.717, 1.165) is 4.90 Å². The zero-order valence-electron chi connectivity index (χ0n) is 10.6. The summed E-state index contributed by atoms with van der Waals surface area (Å²) in [6.45, 7) is 1.27. The lowest BCUT2D eigenvalue weighted by Gasteiger charge is -2.22. The molecule has 4 N–H and O–H groups in total. The van der Waals surface area contributed by atoms with E-state index in [9.17, 15) is 19.8 Å². The molecule has 1 aromatic carbocycles. The minimum atomic E-state index is -1.40. The Labute approximate surface area is 110 Å². The number of anilines is 1. The summed E-state index contributed by atoms with van der Waals surface area (Å²) in [6.07, 6.45) is -1.22. The molecule has 0 bridgehead atoms. The lowest BCUT2D eigenvalue weighted by Crippen LogP contribution is -2.51. The van der Waals surface area contributed by atoms with Crippen LogP contribution in [0, 0.1) is 0 Å². The van der Waals surface area contributed by atoms with E-state index in [1.807, 2.05) is 0 Å². The van der Waals surface area contributed by atoms with Crippen LogP contribution in [0.25, 0.3) is 0 Å². The smallest absolute Gasteiger partial charge is 0.328 e. The molecule has 7 nitrogen and oxygen atoms in total. The molecule has 0 saturated heterocycles. The van der Waals surface area contributed by atoms with Gasteiger partial charge in [-0.1, -0.05) is 6.07 Å². The Morgan fingerprint density at radius 2 is 2.00 bits per heavy atom. The number of amides is 2. The number of aliphatic hydroxyl groups is 1. The molecule has 0 aromatic heterocycles. The van der Waals surface area contributed by atoms with Gasteiger partial charge in [0.25, 0.3) is 0 Å². The number of hydrogen-bond donors (Lipinski definition) is 4. The SMILES string of the molecule is CC(O)C(NC(=O)N(C)c1cccc(O)c1)C(=O)O. The predicted molar refractivity (Wildman–Crippen MR) is 68.1 cm³/mol. The van der Waals surface area contributed by atoms with Crippen LogP contribution in [0.3, 0.4) is 0 Å². The Morgan fingerprint density at radius 3 is 2.47 bits per heavy atom. The number of benzene rings is 1. The fourth-order valence-corrected chi connectivity index (χ4v) is 1.44. The van der Waals surface area contributed by atoms with Crippen molar-refractivity contribution in [2.75, 3.05) is 11.9 Å². The van der Waals surface area contributed by atoms with Crippen LogP contribution in [0.1, 0.15) is 6.92 Å². The molecular formula is C12H16N2O5. The highest BCUT2D eigenvalue weighted by Crippen LogP contribution is 2.18. The number of carboxylic acid groups (broad SMARTS) is 1. The number of aromatic hydroxyl groups is 1. The van der Waals surface area contributed by atoms with Gasteiger partial charge in [-0.25, -0.2) is 9.59 Å². The molecule has 1 aromatic rings. The zero-order chi connectivity index (χ0) is 14.6. The monoisotopic (exact) mass is 268 g/mol. The quantitative estimate of drug-likeness (QED) is 0.630. The number of phenolic OH excluding ortho intramolecular Hbond substituents is 1. The third-order valence-electron chi connectivity index (χ3n) is 2.55. The molecule has 1 rings (SSSR count). The molecule has 0 aliphatic heterocycles. The van der Waals surface area contributed by atoms with Crippen LogP contribution in [-0.4, -0.2) is 46.5 Å². The molecule has 0 radical (unpaired) electrons. The number of nitrogens with one attached hydrogen (secondary N) is 1. The van der Waals surface area contributed by atoms with Crippen LogP contribution in [0.15, 0.2) is 24.3 Å². The molecular weight excluding hydrogens is 252 g/mol. The van der Waals surface area contributed by atoms with Gasteiger partial charge in [-0.15, -0.1) is 0 Å². The maximum atomic E-state index is 11.8. The summed E-state index contributed by atoms with van der Waals surface area (Å²) in [5.41, 5.74) is 0.396. The number of nitrogens with zero attached hydrogens (tertiary/aromatic N) is 1. The van der Waals surface area contributed by atoms with E-state index < -0.39 is 24.1 Å². The predicted octanol–water partition coefficient (Wildman–Crippen LogP) is 0.372. The minimum absolute atomic E-state index is 0.0116. The van der Waals surface area contributed by atoms with Gasteiger partial charge in [0.15, 0.2) is 6.04 Å². The number of carbonyl (C=O) groups is 2. The van der Waals surface area contributed by atoms with Gasteiger partial charge in [-0.2, -0.15) is 0 Å². The topological polar surface area (TPSA) is 110 Å². The van der Waals surface area contributed by atoms with Gasteiger partial charge in [0.05, 0.1) is 6.10 Å². The average Bonchev–Trinajstić information content (AvgIpc) is 2.33. The maximum Gasteiger partial charge on any atom is 0.328 e. The Balaban J connectivity index is 2.80. The van der Waals surface area contributed by atoms with Crippen LogP contribution in [0.5, 0.6) is 5.75 Å². The summed E-state index contributed by atoms with van der Waals surface area (Å²) in [5, 5.41) is 29.6. The van der Waals surface area contributed by atoms with Gasteiger partial charge in [0, 0.05) is 18.8 Å². The number of aliphatic hydroxyl groups excluding tert-OH is 1. The van der Waals surface area contributed by atoms with Crippen LogP contribution in [0.2, 0.25) is 0 Å². The molecule has 0 saturated carbocycles. The molecule has 0 fully saturated rings. The maximum absolute atomic E-state index is 11.8. The molecule has 104 valence electrons. The van der Waals surface area contributed by atoms with Crippen molar-refractivity contribution in [1.29, 1.82) is 0 Å². The molecule has 0 spiro atoms. The van der Waals surface area contributed by atoms with Gasteiger partial charge >= 0.3 is 12.0 Å². The summed E-state index contributed by atoms with van der Waals surface area (Å²) in [6, 6.07) is 3.85. The van der Waals surface area contributed by atoms with E-state index >= 15 is 0 Å². The van der Waals surface area contributed by atoms with E-state index in [1.165, 1.54) is 26.1 Å². The fourth-order valence-electron chi connectivity index (χ4n) is 1.44. The van der Waals surface area contributed by atoms with Crippen LogP contribution in [0.4, 0.5) is 10.5 Å². The molecule has 7 heteroatoms. The third kappa shape index (κ3) is 3.85. The van der Waals surface area contributed by atoms with Gasteiger partial charge in [0.2, 0.25) is 0 Å². The second-order valence-corrected chi connectivity index (χ2v) is 4.08. The van der Waals surface area contributed by atoms with E-state index in [4.69, 9.17) is 5.11 Å². The van der Waals surface area contributed by atoms with E-state index in [0.29, 0.717) is 5.69 Å². The molecule has 19 heavy (non-hydrogen) atoms. The van der Waals surface area contributed by atoms with Crippen molar-refractivity contribution in [2.45, 2.75) is 19.1 Å². The first-order valence-electron chi connectivity index (χ1n) is 5.57. The fraction of sp³-hybridized carbons (Fsp3) is 0.333. The van der Waals surface area contributed by atoms with Gasteiger partial charge in [0.1, 0.15) is 5.75 Å².